The first kappa shape index (κ1) is 11.7. The Balaban J connectivity index is 3.38. The van der Waals surface area contributed by atoms with Crippen LogP contribution in [0, 0.1) is 6.92 Å². The van der Waals surface area contributed by atoms with Gasteiger partial charge in [-0.1, -0.05) is 58.0 Å². The quantitative estimate of drug-likeness (QED) is 0.577. The van der Waals surface area contributed by atoms with E-state index in [9.17, 15) is 0 Å². The standard InChI is InChI=1S/C8H5Cl5/c1-4-2-5(9)3-6(10)7(4)8(11,12)13/h2-3H,1H3. The summed E-state index contributed by atoms with van der Waals surface area (Å²) < 4.78 is -1.51. The van der Waals surface area contributed by atoms with Gasteiger partial charge in [-0.2, -0.15) is 0 Å². The highest BCUT2D eigenvalue weighted by atomic mass is 35.6. The molecule has 0 saturated carbocycles. The Hall–Kier alpha value is 0.670. The fraction of sp³-hybridized carbons (Fsp3) is 0.250. The van der Waals surface area contributed by atoms with Gasteiger partial charge in [-0.25, -0.2) is 0 Å². The molecular weight excluding hydrogens is 273 g/mol. The lowest BCUT2D eigenvalue weighted by Gasteiger charge is -2.16. The maximum Gasteiger partial charge on any atom is 0.217 e. The number of hydrogen-bond acceptors (Lipinski definition) is 0. The van der Waals surface area contributed by atoms with Crippen LogP contribution in [0.5, 0.6) is 0 Å². The van der Waals surface area contributed by atoms with Crippen molar-refractivity contribution in [3.8, 4) is 0 Å². The molecular formula is C8H5Cl5. The minimum absolute atomic E-state index is 0.366. The molecule has 1 aromatic rings. The van der Waals surface area contributed by atoms with E-state index in [4.69, 9.17) is 58.0 Å². The first-order valence-electron chi connectivity index (χ1n) is 3.35. The van der Waals surface area contributed by atoms with E-state index in [1.54, 1.807) is 19.1 Å². The molecule has 5 heteroatoms. The third-order valence-electron chi connectivity index (χ3n) is 1.54. The Morgan fingerprint density at radius 1 is 1.08 bits per heavy atom. The molecule has 0 aliphatic rings. The highest BCUT2D eigenvalue weighted by Crippen LogP contribution is 2.44. The van der Waals surface area contributed by atoms with Gasteiger partial charge >= 0.3 is 0 Å². The minimum Gasteiger partial charge on any atom is -0.0843 e. The van der Waals surface area contributed by atoms with Crippen molar-refractivity contribution >= 4 is 58.0 Å². The first-order chi connectivity index (χ1) is 5.82. The van der Waals surface area contributed by atoms with Crippen molar-refractivity contribution in [1.82, 2.24) is 0 Å². The SMILES string of the molecule is Cc1cc(Cl)cc(Cl)c1C(Cl)(Cl)Cl. The van der Waals surface area contributed by atoms with E-state index in [1.165, 1.54) is 0 Å². The zero-order chi connectivity index (χ0) is 10.2. The lowest BCUT2D eigenvalue weighted by atomic mass is 10.1. The molecule has 0 aliphatic carbocycles. The second-order valence-corrected chi connectivity index (χ2v) is 5.70. The van der Waals surface area contributed by atoms with Gasteiger partial charge < -0.3 is 0 Å². The maximum absolute atomic E-state index is 5.88. The highest BCUT2D eigenvalue weighted by molar-refractivity contribution is 6.67. The van der Waals surface area contributed by atoms with Gasteiger partial charge in [0.05, 0.1) is 0 Å². The van der Waals surface area contributed by atoms with E-state index in [2.05, 4.69) is 0 Å². The lowest BCUT2D eigenvalue weighted by Crippen LogP contribution is -2.04. The fourth-order valence-electron chi connectivity index (χ4n) is 1.06. The summed E-state index contributed by atoms with van der Waals surface area (Å²) >= 11 is 28.8. The van der Waals surface area contributed by atoms with Crippen molar-refractivity contribution < 1.29 is 0 Å². The highest BCUT2D eigenvalue weighted by Gasteiger charge is 2.27. The van der Waals surface area contributed by atoms with Gasteiger partial charge in [0.1, 0.15) is 0 Å². The topological polar surface area (TPSA) is 0 Å². The Labute approximate surface area is 102 Å². The van der Waals surface area contributed by atoms with E-state index in [0.717, 1.165) is 5.56 Å². The van der Waals surface area contributed by atoms with Crippen molar-refractivity contribution in [2.24, 2.45) is 0 Å². The molecule has 0 amide bonds. The lowest BCUT2D eigenvalue weighted by molar-refractivity contribution is 1.19. The van der Waals surface area contributed by atoms with Crippen LogP contribution in [-0.4, -0.2) is 0 Å². The molecule has 0 saturated heterocycles. The average Bonchev–Trinajstić information content (AvgIpc) is 1.78. The molecule has 0 aromatic heterocycles. The molecule has 0 aliphatic heterocycles. The van der Waals surface area contributed by atoms with Crippen molar-refractivity contribution in [2.45, 2.75) is 10.7 Å². The van der Waals surface area contributed by atoms with Crippen LogP contribution in [0.15, 0.2) is 12.1 Å². The Morgan fingerprint density at radius 2 is 1.62 bits per heavy atom. The smallest absolute Gasteiger partial charge is 0.0843 e. The average molecular weight is 278 g/mol. The van der Waals surface area contributed by atoms with Crippen LogP contribution in [0.2, 0.25) is 10.0 Å². The van der Waals surface area contributed by atoms with Crippen LogP contribution >= 0.6 is 58.0 Å². The normalized spacial score (nSPS) is 11.8. The molecule has 0 spiro atoms. The van der Waals surface area contributed by atoms with Crippen LogP contribution in [0.25, 0.3) is 0 Å². The Bertz CT molecular complexity index is 303. The van der Waals surface area contributed by atoms with Gasteiger partial charge in [-0.3, -0.25) is 0 Å². The maximum atomic E-state index is 5.88. The number of aryl methyl sites for hydroxylation is 1. The first-order valence-corrected chi connectivity index (χ1v) is 5.24. The largest absolute Gasteiger partial charge is 0.217 e. The molecule has 0 fully saturated rings. The molecule has 0 radical (unpaired) electrons. The van der Waals surface area contributed by atoms with Gasteiger partial charge in [-0.05, 0) is 24.6 Å². The second-order valence-electron chi connectivity index (χ2n) is 2.58. The van der Waals surface area contributed by atoms with E-state index in [1.807, 2.05) is 0 Å². The van der Waals surface area contributed by atoms with E-state index in [0.29, 0.717) is 15.6 Å². The molecule has 13 heavy (non-hydrogen) atoms. The molecule has 0 unspecified atom stereocenters. The predicted octanol–water partition coefficient (Wildman–Crippen LogP) is 5.13. The van der Waals surface area contributed by atoms with E-state index < -0.39 is 3.79 Å². The van der Waals surface area contributed by atoms with Gasteiger partial charge in [0.15, 0.2) is 0 Å². The predicted molar refractivity (Wildman–Crippen MR) is 60.4 cm³/mol. The third kappa shape index (κ3) is 2.81. The zero-order valence-corrected chi connectivity index (χ0v) is 10.3. The van der Waals surface area contributed by atoms with Crippen LogP contribution in [0.4, 0.5) is 0 Å². The molecule has 0 bridgehead atoms. The summed E-state index contributed by atoms with van der Waals surface area (Å²) in [5.74, 6) is 0. The number of benzene rings is 1. The van der Waals surface area contributed by atoms with Crippen molar-refractivity contribution in [3.05, 3.63) is 33.3 Å². The van der Waals surface area contributed by atoms with Gasteiger partial charge in [0.25, 0.3) is 0 Å². The van der Waals surface area contributed by atoms with E-state index >= 15 is 0 Å². The van der Waals surface area contributed by atoms with Gasteiger partial charge in [0, 0.05) is 15.6 Å². The number of alkyl halides is 3. The second kappa shape index (κ2) is 4.04. The Kier molecular flexibility index (Phi) is 3.65. The summed E-state index contributed by atoms with van der Waals surface area (Å²) in [5, 5.41) is 0.894. The fourth-order valence-corrected chi connectivity index (χ4v) is 2.70. The Morgan fingerprint density at radius 3 is 2.00 bits per heavy atom. The monoisotopic (exact) mass is 276 g/mol. The molecule has 0 N–H and O–H groups in total. The number of rotatable bonds is 0. The summed E-state index contributed by atoms with van der Waals surface area (Å²) in [4.78, 5) is 0. The summed E-state index contributed by atoms with van der Waals surface area (Å²) in [6.45, 7) is 1.79. The molecule has 0 nitrogen and oxygen atoms in total. The molecule has 0 heterocycles. The zero-order valence-electron chi connectivity index (χ0n) is 6.54. The van der Waals surface area contributed by atoms with Crippen LogP contribution in [0.3, 0.4) is 0 Å². The van der Waals surface area contributed by atoms with Crippen molar-refractivity contribution in [2.75, 3.05) is 0 Å². The molecule has 1 aromatic carbocycles. The summed E-state index contributed by atoms with van der Waals surface area (Å²) in [6, 6.07) is 3.25. The number of halogens is 5. The third-order valence-corrected chi connectivity index (χ3v) is 2.62. The van der Waals surface area contributed by atoms with E-state index in [-0.39, 0.29) is 0 Å². The van der Waals surface area contributed by atoms with Crippen molar-refractivity contribution in [1.29, 1.82) is 0 Å². The van der Waals surface area contributed by atoms with Crippen molar-refractivity contribution in [3.63, 3.8) is 0 Å². The van der Waals surface area contributed by atoms with Crippen LogP contribution < -0.4 is 0 Å². The van der Waals surface area contributed by atoms with Gasteiger partial charge in [0.2, 0.25) is 3.79 Å². The summed E-state index contributed by atoms with van der Waals surface area (Å²) in [5.41, 5.74) is 1.24. The van der Waals surface area contributed by atoms with Gasteiger partial charge in [-0.15, -0.1) is 0 Å². The summed E-state index contributed by atoms with van der Waals surface area (Å²) in [6.07, 6.45) is 0. The van der Waals surface area contributed by atoms with Crippen LogP contribution in [0.1, 0.15) is 11.1 Å². The van der Waals surface area contributed by atoms with Crippen LogP contribution in [-0.2, 0) is 3.79 Å². The molecule has 1 rings (SSSR count). The summed E-state index contributed by atoms with van der Waals surface area (Å²) in [7, 11) is 0. The molecule has 0 atom stereocenters. The molecule has 72 valence electrons. The minimum atomic E-state index is -1.51. The number of hydrogen-bond donors (Lipinski definition) is 0.